The number of para-hydroxylation sites is 1. The van der Waals surface area contributed by atoms with E-state index in [-0.39, 0.29) is 0 Å². The Hall–Kier alpha value is -1.02. The lowest BCUT2D eigenvalue weighted by atomic mass is 10.0. The van der Waals surface area contributed by atoms with E-state index in [0.717, 1.165) is 13.1 Å². The van der Waals surface area contributed by atoms with Crippen molar-refractivity contribution >= 4 is 5.69 Å². The minimum atomic E-state index is 0.587. The molecule has 1 N–H and O–H groups in total. The van der Waals surface area contributed by atoms with Crippen molar-refractivity contribution in [2.75, 3.05) is 18.0 Å². The Kier molecular flexibility index (Phi) is 4.06. The molecule has 1 heterocycles. The average Bonchev–Trinajstić information content (AvgIpc) is 2.33. The molecule has 2 atom stereocenters. The zero-order valence-electron chi connectivity index (χ0n) is 11.2. The van der Waals surface area contributed by atoms with Crippen molar-refractivity contribution in [3.63, 3.8) is 0 Å². The monoisotopic (exact) mass is 232 g/mol. The standard InChI is InChI=1S/C15H24N2/c1-4-7-14-11-17(13(3)10-16-14)15-9-6-5-8-12(15)2/h5-6,8-9,13-14,16H,4,7,10-11H2,1-3H3. The van der Waals surface area contributed by atoms with Crippen molar-refractivity contribution in [1.29, 1.82) is 0 Å². The van der Waals surface area contributed by atoms with Gasteiger partial charge in [-0.25, -0.2) is 0 Å². The van der Waals surface area contributed by atoms with E-state index < -0.39 is 0 Å². The molecule has 1 aromatic carbocycles. The molecule has 1 saturated heterocycles. The molecule has 2 heteroatoms. The second-order valence-corrected chi connectivity index (χ2v) is 5.18. The predicted octanol–water partition coefficient (Wildman–Crippen LogP) is 2.96. The Morgan fingerprint density at radius 1 is 1.35 bits per heavy atom. The number of nitrogens with zero attached hydrogens (tertiary/aromatic N) is 1. The van der Waals surface area contributed by atoms with Crippen LogP contribution in [0.1, 0.15) is 32.3 Å². The highest BCUT2D eigenvalue weighted by Crippen LogP contribution is 2.24. The second kappa shape index (κ2) is 5.54. The van der Waals surface area contributed by atoms with Crippen LogP contribution in [0.4, 0.5) is 5.69 Å². The Morgan fingerprint density at radius 3 is 2.82 bits per heavy atom. The summed E-state index contributed by atoms with van der Waals surface area (Å²) in [7, 11) is 0. The maximum atomic E-state index is 3.65. The summed E-state index contributed by atoms with van der Waals surface area (Å²) in [4.78, 5) is 2.56. The summed E-state index contributed by atoms with van der Waals surface area (Å²) in [5.74, 6) is 0. The van der Waals surface area contributed by atoms with Crippen molar-refractivity contribution in [2.45, 2.75) is 45.7 Å². The topological polar surface area (TPSA) is 15.3 Å². The third-order valence-electron chi connectivity index (χ3n) is 3.71. The summed E-state index contributed by atoms with van der Waals surface area (Å²) in [5.41, 5.74) is 2.79. The van der Waals surface area contributed by atoms with Gasteiger partial charge in [0.15, 0.2) is 0 Å². The molecule has 0 radical (unpaired) electrons. The zero-order chi connectivity index (χ0) is 12.3. The molecule has 0 aromatic heterocycles. The van der Waals surface area contributed by atoms with Crippen LogP contribution in [0.25, 0.3) is 0 Å². The fourth-order valence-electron chi connectivity index (χ4n) is 2.69. The van der Waals surface area contributed by atoms with Crippen LogP contribution >= 0.6 is 0 Å². The highest BCUT2D eigenvalue weighted by Gasteiger charge is 2.25. The minimum absolute atomic E-state index is 0.587. The number of hydrogen-bond donors (Lipinski definition) is 1. The summed E-state index contributed by atoms with van der Waals surface area (Å²) in [6.45, 7) is 9.01. The largest absolute Gasteiger partial charge is 0.366 e. The third kappa shape index (κ3) is 2.81. The number of anilines is 1. The van der Waals surface area contributed by atoms with E-state index in [2.05, 4.69) is 55.3 Å². The van der Waals surface area contributed by atoms with Crippen LogP contribution in [0.5, 0.6) is 0 Å². The van der Waals surface area contributed by atoms with E-state index in [9.17, 15) is 0 Å². The van der Waals surface area contributed by atoms with E-state index >= 15 is 0 Å². The normalized spacial score (nSPS) is 25.0. The maximum absolute atomic E-state index is 3.65. The number of hydrogen-bond acceptors (Lipinski definition) is 2. The zero-order valence-corrected chi connectivity index (χ0v) is 11.2. The van der Waals surface area contributed by atoms with Gasteiger partial charge in [0.1, 0.15) is 0 Å². The SMILES string of the molecule is CCCC1CN(c2ccccc2C)C(C)CN1. The number of nitrogens with one attached hydrogen (secondary N) is 1. The molecule has 1 aliphatic heterocycles. The third-order valence-corrected chi connectivity index (χ3v) is 3.71. The summed E-state index contributed by atoms with van der Waals surface area (Å²) in [6, 6.07) is 9.96. The molecular formula is C15H24N2. The van der Waals surface area contributed by atoms with Gasteiger partial charge < -0.3 is 10.2 Å². The summed E-state index contributed by atoms with van der Waals surface area (Å²) >= 11 is 0. The first-order valence-electron chi connectivity index (χ1n) is 6.78. The van der Waals surface area contributed by atoms with Crippen molar-refractivity contribution in [2.24, 2.45) is 0 Å². The first-order chi connectivity index (χ1) is 8.22. The minimum Gasteiger partial charge on any atom is -0.366 e. The van der Waals surface area contributed by atoms with Gasteiger partial charge in [-0.3, -0.25) is 0 Å². The molecule has 2 rings (SSSR count). The lowest BCUT2D eigenvalue weighted by Gasteiger charge is -2.41. The van der Waals surface area contributed by atoms with Crippen molar-refractivity contribution < 1.29 is 0 Å². The molecule has 0 spiro atoms. The lowest BCUT2D eigenvalue weighted by Crippen LogP contribution is -2.55. The van der Waals surface area contributed by atoms with E-state index in [4.69, 9.17) is 0 Å². The molecule has 2 nitrogen and oxygen atoms in total. The van der Waals surface area contributed by atoms with Crippen LogP contribution in [0, 0.1) is 6.92 Å². The van der Waals surface area contributed by atoms with Crippen molar-refractivity contribution in [3.05, 3.63) is 29.8 Å². The van der Waals surface area contributed by atoms with E-state index in [1.54, 1.807) is 0 Å². The molecule has 0 aliphatic carbocycles. The number of benzene rings is 1. The van der Waals surface area contributed by atoms with Crippen molar-refractivity contribution in [1.82, 2.24) is 5.32 Å². The maximum Gasteiger partial charge on any atom is 0.0399 e. The summed E-state index contributed by atoms with van der Waals surface area (Å²) in [6.07, 6.45) is 2.53. The van der Waals surface area contributed by atoms with E-state index in [1.165, 1.54) is 24.1 Å². The highest BCUT2D eigenvalue weighted by atomic mass is 15.2. The summed E-state index contributed by atoms with van der Waals surface area (Å²) < 4.78 is 0. The van der Waals surface area contributed by atoms with Gasteiger partial charge in [0.2, 0.25) is 0 Å². The summed E-state index contributed by atoms with van der Waals surface area (Å²) in [5, 5.41) is 3.65. The predicted molar refractivity (Wildman–Crippen MR) is 74.7 cm³/mol. The second-order valence-electron chi connectivity index (χ2n) is 5.18. The smallest absolute Gasteiger partial charge is 0.0399 e. The van der Waals surface area contributed by atoms with Gasteiger partial charge in [-0.2, -0.15) is 0 Å². The van der Waals surface area contributed by atoms with Gasteiger partial charge >= 0.3 is 0 Å². The molecule has 2 unspecified atom stereocenters. The van der Waals surface area contributed by atoms with E-state index in [1.807, 2.05) is 0 Å². The molecule has 1 fully saturated rings. The molecule has 0 bridgehead atoms. The van der Waals surface area contributed by atoms with Crippen LogP contribution < -0.4 is 10.2 Å². The molecule has 0 saturated carbocycles. The van der Waals surface area contributed by atoms with Crippen LogP contribution in [-0.4, -0.2) is 25.2 Å². The highest BCUT2D eigenvalue weighted by molar-refractivity contribution is 5.54. The quantitative estimate of drug-likeness (QED) is 0.862. The number of rotatable bonds is 3. The van der Waals surface area contributed by atoms with Gasteiger partial charge in [-0.15, -0.1) is 0 Å². The first kappa shape index (κ1) is 12.4. The van der Waals surface area contributed by atoms with E-state index in [0.29, 0.717) is 12.1 Å². The molecule has 0 amide bonds. The molecule has 17 heavy (non-hydrogen) atoms. The molecule has 1 aliphatic rings. The van der Waals surface area contributed by atoms with Crippen molar-refractivity contribution in [3.8, 4) is 0 Å². The number of piperazine rings is 1. The Bertz CT molecular complexity index is 362. The van der Waals surface area contributed by atoms with Gasteiger partial charge in [0.25, 0.3) is 0 Å². The van der Waals surface area contributed by atoms with Gasteiger partial charge in [0, 0.05) is 30.9 Å². The fraction of sp³-hybridized carbons (Fsp3) is 0.600. The van der Waals surface area contributed by atoms with Crippen LogP contribution in [0.2, 0.25) is 0 Å². The Balaban J connectivity index is 2.15. The first-order valence-corrected chi connectivity index (χ1v) is 6.78. The molecule has 1 aromatic rings. The van der Waals surface area contributed by atoms with Gasteiger partial charge in [-0.05, 0) is 31.9 Å². The number of aryl methyl sites for hydroxylation is 1. The molecule has 94 valence electrons. The lowest BCUT2D eigenvalue weighted by molar-refractivity contribution is 0.386. The Morgan fingerprint density at radius 2 is 2.12 bits per heavy atom. The Labute approximate surface area is 105 Å². The van der Waals surface area contributed by atoms with Gasteiger partial charge in [0.05, 0.1) is 0 Å². The van der Waals surface area contributed by atoms with Crippen LogP contribution in [0.3, 0.4) is 0 Å². The average molecular weight is 232 g/mol. The van der Waals surface area contributed by atoms with Gasteiger partial charge in [-0.1, -0.05) is 31.5 Å². The van der Waals surface area contributed by atoms with Crippen LogP contribution in [0.15, 0.2) is 24.3 Å². The molecular weight excluding hydrogens is 208 g/mol. The van der Waals surface area contributed by atoms with Crippen LogP contribution in [-0.2, 0) is 0 Å². The fourth-order valence-corrected chi connectivity index (χ4v) is 2.69.